The molecule has 9 saturated carbocycles. The second kappa shape index (κ2) is 18.3. The third kappa shape index (κ3) is 20.6. The molecule has 0 spiro atoms. The third-order valence-electron chi connectivity index (χ3n) is 14.1. The van der Waals surface area contributed by atoms with Crippen molar-refractivity contribution in [3.63, 3.8) is 0 Å². The van der Waals surface area contributed by atoms with Crippen LogP contribution in [0.3, 0.4) is 0 Å². The zero-order valence-electron chi connectivity index (χ0n) is 36.1. The van der Waals surface area contributed by atoms with E-state index in [4.69, 9.17) is 0 Å². The van der Waals surface area contributed by atoms with Crippen molar-refractivity contribution in [1.82, 2.24) is 0 Å². The van der Waals surface area contributed by atoms with Crippen LogP contribution in [-0.2, 0) is 0 Å². The summed E-state index contributed by atoms with van der Waals surface area (Å²) in [6.45, 7) is 31.1. The standard InChI is InChI=1S/C7H12.C7H14.C6H11F.2C6H12.C5H9F.2C5H10/c1-7(4-5-7)6-2-3-6;1-6-4-7(2,3)5-6;1-5(7)6(2)3-4-6;1-6(2)4-3-5-6;1-3-6(2)4-5-6;1-5(4-6)2-3-5;1-5(2)3-4-5;1-5-3-2-4-5/h6H,2-5H2,1H3;6H,4-5H2,1-3H3;5H,3-4H2,1-2H3;2*3-5H2,1-2H3;2-4H2,1H3;3-4H2,1-2H3;5H,2-4H2,1H3. The fourth-order valence-electron chi connectivity index (χ4n) is 6.47. The predicted octanol–water partition coefficient (Wildman–Crippen LogP) is 16.5. The molecular formula is C47H90F2. The average Bonchev–Trinajstić information content (AvgIpc) is 3.78. The number of hydrogen-bond acceptors (Lipinski definition) is 0. The van der Waals surface area contributed by atoms with Crippen molar-refractivity contribution in [3.05, 3.63) is 0 Å². The monoisotopic (exact) mass is 693 g/mol. The number of hydrogen-bond donors (Lipinski definition) is 0. The molecule has 9 fully saturated rings. The smallest absolute Gasteiger partial charge is 0.103 e. The van der Waals surface area contributed by atoms with E-state index in [1.165, 1.54) is 109 Å². The average molecular weight is 693 g/mol. The van der Waals surface area contributed by atoms with E-state index in [-0.39, 0.29) is 17.5 Å². The Morgan fingerprint density at radius 3 is 0.939 bits per heavy atom. The Kier molecular flexibility index (Phi) is 16.8. The van der Waals surface area contributed by atoms with Gasteiger partial charge >= 0.3 is 0 Å². The summed E-state index contributed by atoms with van der Waals surface area (Å²) in [5, 5.41) is 0. The van der Waals surface area contributed by atoms with Crippen LogP contribution in [0.5, 0.6) is 0 Å². The van der Waals surface area contributed by atoms with Gasteiger partial charge in [-0.05, 0) is 165 Å². The highest BCUT2D eigenvalue weighted by molar-refractivity contribution is 5.00. The van der Waals surface area contributed by atoms with Crippen molar-refractivity contribution in [2.24, 2.45) is 55.7 Å². The molecule has 0 nitrogen and oxygen atoms in total. The molecule has 1 atom stereocenters. The highest BCUT2D eigenvalue weighted by atomic mass is 19.1. The molecule has 0 aliphatic heterocycles. The van der Waals surface area contributed by atoms with Crippen LogP contribution in [0.15, 0.2) is 0 Å². The van der Waals surface area contributed by atoms with Gasteiger partial charge in [-0.25, -0.2) is 4.39 Å². The Bertz CT molecular complexity index is 856. The van der Waals surface area contributed by atoms with Gasteiger partial charge in [0.2, 0.25) is 0 Å². The maximum absolute atomic E-state index is 12.3. The molecule has 9 aliphatic rings. The zero-order chi connectivity index (χ0) is 37.4. The van der Waals surface area contributed by atoms with Crippen LogP contribution in [0.2, 0.25) is 0 Å². The van der Waals surface area contributed by atoms with E-state index in [1.807, 2.05) is 13.8 Å². The van der Waals surface area contributed by atoms with Crippen molar-refractivity contribution in [3.8, 4) is 0 Å². The maximum atomic E-state index is 12.3. The van der Waals surface area contributed by atoms with E-state index in [2.05, 4.69) is 76.2 Å². The summed E-state index contributed by atoms with van der Waals surface area (Å²) in [4.78, 5) is 0. The summed E-state index contributed by atoms with van der Waals surface area (Å²) in [6, 6.07) is 0. The zero-order valence-corrected chi connectivity index (χ0v) is 36.1. The summed E-state index contributed by atoms with van der Waals surface area (Å²) in [7, 11) is 0. The van der Waals surface area contributed by atoms with E-state index in [9.17, 15) is 8.78 Å². The van der Waals surface area contributed by atoms with E-state index in [0.29, 0.717) is 5.41 Å². The molecular weight excluding hydrogens is 603 g/mol. The van der Waals surface area contributed by atoms with Gasteiger partial charge in [-0.3, -0.25) is 4.39 Å². The molecule has 1 unspecified atom stereocenters. The summed E-state index contributed by atoms with van der Waals surface area (Å²) in [5.74, 6) is 3.23. The lowest BCUT2D eigenvalue weighted by Gasteiger charge is -2.40. The first-order valence-electron chi connectivity index (χ1n) is 21.6. The van der Waals surface area contributed by atoms with E-state index in [0.717, 1.165) is 65.1 Å². The molecule has 0 saturated heterocycles. The van der Waals surface area contributed by atoms with Crippen LogP contribution in [0.1, 0.15) is 232 Å². The minimum absolute atomic E-state index is 0.0833. The predicted molar refractivity (Wildman–Crippen MR) is 215 cm³/mol. The summed E-state index contributed by atoms with van der Waals surface area (Å²) < 4.78 is 23.8. The van der Waals surface area contributed by atoms with Crippen molar-refractivity contribution < 1.29 is 8.78 Å². The molecule has 0 aromatic carbocycles. The lowest BCUT2D eigenvalue weighted by molar-refractivity contribution is 0.111. The van der Waals surface area contributed by atoms with Gasteiger partial charge in [0.25, 0.3) is 0 Å². The molecule has 292 valence electrons. The van der Waals surface area contributed by atoms with Gasteiger partial charge < -0.3 is 0 Å². The van der Waals surface area contributed by atoms with E-state index in [1.54, 1.807) is 6.92 Å². The molecule has 0 aromatic heterocycles. The molecule has 0 radical (unpaired) electrons. The number of halogens is 2. The van der Waals surface area contributed by atoms with E-state index >= 15 is 0 Å². The lowest BCUT2D eigenvalue weighted by atomic mass is 9.65. The molecule has 0 heterocycles. The fourth-order valence-corrected chi connectivity index (χ4v) is 6.47. The van der Waals surface area contributed by atoms with Gasteiger partial charge in [0.05, 0.1) is 6.67 Å². The quantitative estimate of drug-likeness (QED) is 0.275. The van der Waals surface area contributed by atoms with Crippen LogP contribution >= 0.6 is 0 Å². The molecule has 0 bridgehead atoms. The first kappa shape index (κ1) is 45.0. The van der Waals surface area contributed by atoms with Crippen molar-refractivity contribution in [2.75, 3.05) is 6.67 Å². The van der Waals surface area contributed by atoms with Gasteiger partial charge in [-0.1, -0.05) is 122 Å². The van der Waals surface area contributed by atoms with E-state index < -0.39 is 6.17 Å². The highest BCUT2D eigenvalue weighted by Crippen LogP contribution is 2.60. The third-order valence-corrected chi connectivity index (χ3v) is 14.1. The van der Waals surface area contributed by atoms with Crippen molar-refractivity contribution in [1.29, 1.82) is 0 Å². The summed E-state index contributed by atoms with van der Waals surface area (Å²) in [6.07, 6.45) is 28.9. The minimum Gasteiger partial charge on any atom is -0.251 e. The Morgan fingerprint density at radius 1 is 0.531 bits per heavy atom. The van der Waals surface area contributed by atoms with Gasteiger partial charge in [0, 0.05) is 0 Å². The molecule has 49 heavy (non-hydrogen) atoms. The summed E-state index contributed by atoms with van der Waals surface area (Å²) >= 11 is 0. The minimum atomic E-state index is -0.590. The van der Waals surface area contributed by atoms with Gasteiger partial charge in [-0.2, -0.15) is 0 Å². The Labute approximate surface area is 308 Å². The molecule has 9 rings (SSSR count). The summed E-state index contributed by atoms with van der Waals surface area (Å²) in [5.41, 5.74) is 4.03. The first-order valence-corrected chi connectivity index (χ1v) is 21.6. The Morgan fingerprint density at radius 2 is 0.918 bits per heavy atom. The lowest BCUT2D eigenvalue weighted by Crippen LogP contribution is -2.29. The molecule has 2 heteroatoms. The second-order valence-electron chi connectivity index (χ2n) is 22.7. The molecule has 0 N–H and O–H groups in total. The van der Waals surface area contributed by atoms with Crippen molar-refractivity contribution in [2.45, 2.75) is 238 Å². The van der Waals surface area contributed by atoms with Crippen LogP contribution in [0.4, 0.5) is 8.78 Å². The van der Waals surface area contributed by atoms with Gasteiger partial charge in [-0.15, -0.1) is 0 Å². The fraction of sp³-hybridized carbons (Fsp3) is 1.00. The van der Waals surface area contributed by atoms with Crippen LogP contribution in [-0.4, -0.2) is 12.8 Å². The number of alkyl halides is 2. The number of rotatable bonds is 4. The molecule has 0 amide bonds. The SMILES string of the molecule is CC(F)C1(C)CC1.CC1(C)CC1.CC1(C)CCC1.CC1(C2CC2)CC1.CC1(CF)CC1.CC1CC(C)(C)C1.CC1CCC1.CCC1(C)CC1. The van der Waals surface area contributed by atoms with Crippen LogP contribution < -0.4 is 0 Å². The Balaban J connectivity index is 0.000000195. The first-order chi connectivity index (χ1) is 22.4. The normalized spacial score (nSPS) is 29.4. The van der Waals surface area contributed by atoms with Crippen molar-refractivity contribution >= 4 is 0 Å². The van der Waals surface area contributed by atoms with Crippen LogP contribution in [0.25, 0.3) is 0 Å². The topological polar surface area (TPSA) is 0 Å². The van der Waals surface area contributed by atoms with Gasteiger partial charge in [0.15, 0.2) is 0 Å². The van der Waals surface area contributed by atoms with Crippen LogP contribution in [0, 0.1) is 55.7 Å². The second-order valence-corrected chi connectivity index (χ2v) is 22.7. The largest absolute Gasteiger partial charge is 0.251 e. The highest BCUT2D eigenvalue weighted by Gasteiger charge is 2.49. The molecule has 9 aliphatic carbocycles. The van der Waals surface area contributed by atoms with Gasteiger partial charge in [0.1, 0.15) is 6.17 Å². The molecule has 0 aromatic rings. The maximum Gasteiger partial charge on any atom is 0.103 e. The Hall–Kier alpha value is -0.140.